The molecule has 0 spiro atoms. The third kappa shape index (κ3) is 4.68. The number of amides is 2. The number of carbonyl (C=O) groups excluding carboxylic acids is 2. The second kappa shape index (κ2) is 5.54. The number of hydroxylamine groups is 1. The van der Waals surface area contributed by atoms with E-state index >= 15 is 0 Å². The summed E-state index contributed by atoms with van der Waals surface area (Å²) in [6, 6.07) is 0. The highest BCUT2D eigenvalue weighted by molar-refractivity contribution is 5.78. The second-order valence-corrected chi connectivity index (χ2v) is 2.53. The third-order valence-corrected chi connectivity index (χ3v) is 1.45. The third-order valence-electron chi connectivity index (χ3n) is 1.45. The number of rotatable bonds is 5. The van der Waals surface area contributed by atoms with Gasteiger partial charge in [0, 0.05) is 5.92 Å². The molecule has 0 aliphatic heterocycles. The van der Waals surface area contributed by atoms with E-state index in [1.807, 2.05) is 6.92 Å². The summed E-state index contributed by atoms with van der Waals surface area (Å²) in [6.45, 7) is 3.36. The summed E-state index contributed by atoms with van der Waals surface area (Å²) >= 11 is 0. The van der Waals surface area contributed by atoms with E-state index in [-0.39, 0.29) is 18.4 Å². The molecule has 0 rings (SSSR count). The fourth-order valence-corrected chi connectivity index (χ4v) is 0.464. The highest BCUT2D eigenvalue weighted by Gasteiger charge is 2.09. The maximum atomic E-state index is 11.0. The molecule has 1 unspecified atom stereocenters. The Hall–Kier alpha value is -1.10. The molecular weight excluding hydrogens is 160 g/mol. The molecule has 0 heterocycles. The molecule has 0 aromatic rings. The summed E-state index contributed by atoms with van der Waals surface area (Å²) in [6.07, 6.45) is 0.728. The molecule has 1 atom stereocenters. The molecule has 5 nitrogen and oxygen atoms in total. The topological polar surface area (TPSA) is 81.4 Å². The highest BCUT2D eigenvalue weighted by atomic mass is 16.7. The molecule has 3 N–H and O–H groups in total. The van der Waals surface area contributed by atoms with Crippen molar-refractivity contribution in [3.8, 4) is 0 Å². The van der Waals surface area contributed by atoms with Gasteiger partial charge in [-0.2, -0.15) is 0 Å². The van der Waals surface area contributed by atoms with E-state index in [4.69, 9.17) is 5.73 Å². The van der Waals surface area contributed by atoms with E-state index in [1.54, 1.807) is 6.92 Å². The van der Waals surface area contributed by atoms with Gasteiger partial charge >= 0.3 is 0 Å². The summed E-state index contributed by atoms with van der Waals surface area (Å²) in [5.41, 5.74) is 6.90. The molecule has 0 aromatic carbocycles. The molecule has 0 aliphatic carbocycles. The lowest BCUT2D eigenvalue weighted by Crippen LogP contribution is -2.32. The van der Waals surface area contributed by atoms with Gasteiger partial charge in [-0.3, -0.25) is 14.4 Å². The Kier molecular flexibility index (Phi) is 5.03. The average molecular weight is 174 g/mol. The van der Waals surface area contributed by atoms with Gasteiger partial charge in [0.1, 0.15) is 0 Å². The fraction of sp³-hybridized carbons (Fsp3) is 0.714. The van der Waals surface area contributed by atoms with Gasteiger partial charge in [-0.25, -0.2) is 5.48 Å². The molecule has 70 valence electrons. The van der Waals surface area contributed by atoms with Crippen LogP contribution in [0.1, 0.15) is 20.3 Å². The first-order valence-electron chi connectivity index (χ1n) is 3.77. The monoisotopic (exact) mass is 174 g/mol. The zero-order valence-electron chi connectivity index (χ0n) is 7.29. The first-order chi connectivity index (χ1) is 5.57. The maximum absolute atomic E-state index is 11.0. The predicted molar refractivity (Wildman–Crippen MR) is 42.7 cm³/mol. The first kappa shape index (κ1) is 10.9. The number of hydrogen-bond donors (Lipinski definition) is 2. The minimum Gasteiger partial charge on any atom is -0.368 e. The van der Waals surface area contributed by atoms with Crippen LogP contribution >= 0.6 is 0 Å². The van der Waals surface area contributed by atoms with E-state index in [2.05, 4.69) is 10.3 Å². The van der Waals surface area contributed by atoms with Crippen molar-refractivity contribution in [3.63, 3.8) is 0 Å². The van der Waals surface area contributed by atoms with Crippen LogP contribution in [0, 0.1) is 5.92 Å². The van der Waals surface area contributed by atoms with Crippen molar-refractivity contribution in [3.05, 3.63) is 0 Å². The Morgan fingerprint density at radius 2 is 2.17 bits per heavy atom. The zero-order valence-corrected chi connectivity index (χ0v) is 7.29. The van der Waals surface area contributed by atoms with E-state index in [9.17, 15) is 9.59 Å². The molecule has 2 amide bonds. The Morgan fingerprint density at radius 1 is 1.58 bits per heavy atom. The lowest BCUT2D eigenvalue weighted by molar-refractivity contribution is -0.140. The van der Waals surface area contributed by atoms with Crippen LogP contribution < -0.4 is 11.2 Å². The number of hydrogen-bond acceptors (Lipinski definition) is 3. The molecule has 0 saturated carbocycles. The van der Waals surface area contributed by atoms with Gasteiger partial charge in [0.2, 0.25) is 11.8 Å². The van der Waals surface area contributed by atoms with Gasteiger partial charge in [-0.1, -0.05) is 13.8 Å². The van der Waals surface area contributed by atoms with Crippen molar-refractivity contribution in [1.82, 2.24) is 5.48 Å². The number of carbonyl (C=O) groups is 2. The normalized spacial score (nSPS) is 12.2. The van der Waals surface area contributed by atoms with Crippen LogP contribution in [-0.4, -0.2) is 18.4 Å². The Labute approximate surface area is 71.2 Å². The molecule has 5 heteroatoms. The van der Waals surface area contributed by atoms with Crippen LogP contribution in [-0.2, 0) is 14.4 Å². The molecule has 0 aromatic heterocycles. The van der Waals surface area contributed by atoms with Gasteiger partial charge < -0.3 is 5.73 Å². The molecule has 0 aliphatic rings. The standard InChI is InChI=1S/C7H14N2O3/c1-3-5(2)7(11)9-12-4-6(8)10/h5H,3-4H2,1-2H3,(H2,8,10)(H,9,11). The second-order valence-electron chi connectivity index (χ2n) is 2.53. The van der Waals surface area contributed by atoms with E-state index < -0.39 is 5.91 Å². The van der Waals surface area contributed by atoms with Gasteiger partial charge in [0.25, 0.3) is 0 Å². The largest absolute Gasteiger partial charge is 0.368 e. The van der Waals surface area contributed by atoms with E-state index in [1.165, 1.54) is 0 Å². The summed E-state index contributed by atoms with van der Waals surface area (Å²) in [4.78, 5) is 25.6. The van der Waals surface area contributed by atoms with Crippen molar-refractivity contribution >= 4 is 11.8 Å². The number of nitrogens with one attached hydrogen (secondary N) is 1. The highest BCUT2D eigenvalue weighted by Crippen LogP contribution is 1.98. The Morgan fingerprint density at radius 3 is 2.58 bits per heavy atom. The summed E-state index contributed by atoms with van der Waals surface area (Å²) in [7, 11) is 0. The quantitative estimate of drug-likeness (QED) is 0.555. The number of nitrogens with two attached hydrogens (primary N) is 1. The minimum absolute atomic E-state index is 0.113. The van der Waals surface area contributed by atoms with E-state index in [0.29, 0.717) is 0 Å². The zero-order chi connectivity index (χ0) is 9.56. The Bertz CT molecular complexity index is 170. The van der Waals surface area contributed by atoms with Crippen LogP contribution in [0.5, 0.6) is 0 Å². The Balaban J connectivity index is 3.50. The van der Waals surface area contributed by atoms with Crippen molar-refractivity contribution in [2.45, 2.75) is 20.3 Å². The molecular formula is C7H14N2O3. The van der Waals surface area contributed by atoms with Gasteiger partial charge in [-0.15, -0.1) is 0 Å². The average Bonchev–Trinajstić information content (AvgIpc) is 2.02. The lowest BCUT2D eigenvalue weighted by atomic mass is 10.1. The summed E-state index contributed by atoms with van der Waals surface area (Å²) in [5, 5.41) is 0. The predicted octanol–water partition coefficient (Wildman–Crippen LogP) is -0.434. The smallest absolute Gasteiger partial charge is 0.246 e. The van der Waals surface area contributed by atoms with Crippen molar-refractivity contribution < 1.29 is 14.4 Å². The van der Waals surface area contributed by atoms with Crippen molar-refractivity contribution in [2.75, 3.05) is 6.61 Å². The van der Waals surface area contributed by atoms with Crippen LogP contribution in [0.2, 0.25) is 0 Å². The van der Waals surface area contributed by atoms with Crippen molar-refractivity contribution in [1.29, 1.82) is 0 Å². The molecule has 0 radical (unpaired) electrons. The van der Waals surface area contributed by atoms with Gasteiger partial charge in [-0.05, 0) is 6.42 Å². The van der Waals surface area contributed by atoms with E-state index in [0.717, 1.165) is 6.42 Å². The molecule has 0 fully saturated rings. The van der Waals surface area contributed by atoms with Crippen LogP contribution in [0.15, 0.2) is 0 Å². The van der Waals surface area contributed by atoms with Crippen LogP contribution in [0.25, 0.3) is 0 Å². The number of primary amides is 1. The summed E-state index contributed by atoms with van der Waals surface area (Å²) < 4.78 is 0. The minimum atomic E-state index is -0.612. The van der Waals surface area contributed by atoms with Gasteiger partial charge in [0.05, 0.1) is 0 Å². The van der Waals surface area contributed by atoms with Crippen LogP contribution in [0.4, 0.5) is 0 Å². The fourth-order valence-electron chi connectivity index (χ4n) is 0.464. The van der Waals surface area contributed by atoms with Crippen molar-refractivity contribution in [2.24, 2.45) is 11.7 Å². The summed E-state index contributed by atoms with van der Waals surface area (Å²) in [5.74, 6) is -0.962. The maximum Gasteiger partial charge on any atom is 0.246 e. The first-order valence-corrected chi connectivity index (χ1v) is 3.77. The molecule has 0 bridgehead atoms. The lowest BCUT2D eigenvalue weighted by Gasteiger charge is -2.08. The van der Waals surface area contributed by atoms with Gasteiger partial charge in [0.15, 0.2) is 6.61 Å². The van der Waals surface area contributed by atoms with Crippen LogP contribution in [0.3, 0.4) is 0 Å². The molecule has 0 saturated heterocycles. The molecule has 12 heavy (non-hydrogen) atoms. The SMILES string of the molecule is CCC(C)C(=O)NOCC(N)=O.